The molecule has 0 saturated heterocycles. The van der Waals surface area contributed by atoms with Crippen LogP contribution in [-0.2, 0) is 11.2 Å². The van der Waals surface area contributed by atoms with Gasteiger partial charge in [0, 0.05) is 23.7 Å². The van der Waals surface area contributed by atoms with E-state index in [2.05, 4.69) is 15.6 Å². The highest BCUT2D eigenvalue weighted by Gasteiger charge is 2.11. The quantitative estimate of drug-likeness (QED) is 0.735. The van der Waals surface area contributed by atoms with Gasteiger partial charge >= 0.3 is 0 Å². The Balaban J connectivity index is 1.65. The molecule has 2 aromatic heterocycles. The Kier molecular flexibility index (Phi) is 5.02. The average molecular weight is 357 g/mol. The Bertz CT molecular complexity index is 856. The number of hydrogen-bond donors (Lipinski definition) is 2. The number of anilines is 1. The summed E-state index contributed by atoms with van der Waals surface area (Å²) in [5, 5.41) is 10.2. The van der Waals surface area contributed by atoms with Gasteiger partial charge in [0.05, 0.1) is 17.0 Å². The zero-order valence-electron chi connectivity index (χ0n) is 12.9. The monoisotopic (exact) mass is 357 g/mol. The molecule has 1 aromatic carbocycles. The Morgan fingerprint density at radius 3 is 2.79 bits per heavy atom. The number of thiophene rings is 1. The minimum absolute atomic E-state index is 0.160. The van der Waals surface area contributed by atoms with Crippen LogP contribution in [0.5, 0.6) is 0 Å². The smallest absolute Gasteiger partial charge is 0.251 e. The highest BCUT2D eigenvalue weighted by Crippen LogP contribution is 2.27. The number of nitrogens with one attached hydrogen (secondary N) is 2. The van der Waals surface area contributed by atoms with Crippen molar-refractivity contribution in [3.8, 4) is 9.88 Å². The van der Waals surface area contributed by atoms with Gasteiger partial charge in [-0.25, -0.2) is 4.98 Å². The second-order valence-corrected chi connectivity index (χ2v) is 6.81. The molecule has 2 amide bonds. The molecule has 5 nitrogen and oxygen atoms in total. The van der Waals surface area contributed by atoms with E-state index in [1.54, 1.807) is 42.6 Å². The molecule has 0 aliphatic heterocycles. The van der Waals surface area contributed by atoms with Gasteiger partial charge in [-0.2, -0.15) is 0 Å². The molecular weight excluding hydrogens is 342 g/mol. The van der Waals surface area contributed by atoms with Crippen molar-refractivity contribution in [3.05, 3.63) is 58.4 Å². The molecule has 0 atom stereocenters. The maximum Gasteiger partial charge on any atom is 0.251 e. The molecule has 7 heteroatoms. The summed E-state index contributed by atoms with van der Waals surface area (Å²) >= 11 is 3.16. The molecule has 0 saturated carbocycles. The maximum absolute atomic E-state index is 12.2. The van der Waals surface area contributed by atoms with E-state index in [9.17, 15) is 9.59 Å². The molecule has 0 fully saturated rings. The molecule has 0 radical (unpaired) electrons. The Labute approximate surface area is 147 Å². The molecule has 0 aliphatic rings. The minimum Gasteiger partial charge on any atom is -0.355 e. The van der Waals surface area contributed by atoms with E-state index < -0.39 is 0 Å². The summed E-state index contributed by atoms with van der Waals surface area (Å²) in [6.45, 7) is 0. The van der Waals surface area contributed by atoms with Crippen molar-refractivity contribution in [3.63, 3.8) is 0 Å². The summed E-state index contributed by atoms with van der Waals surface area (Å²) in [6, 6.07) is 10.8. The number of rotatable bonds is 5. The normalized spacial score (nSPS) is 10.4. The lowest BCUT2D eigenvalue weighted by atomic mass is 10.2. The van der Waals surface area contributed by atoms with Crippen LogP contribution in [-0.4, -0.2) is 23.8 Å². The summed E-state index contributed by atoms with van der Waals surface area (Å²) in [6.07, 6.45) is 0.200. The van der Waals surface area contributed by atoms with Gasteiger partial charge in [0.25, 0.3) is 5.91 Å². The van der Waals surface area contributed by atoms with Crippen molar-refractivity contribution in [1.82, 2.24) is 10.3 Å². The molecule has 0 unspecified atom stereocenters. The lowest BCUT2D eigenvalue weighted by Crippen LogP contribution is -2.19. The van der Waals surface area contributed by atoms with Crippen molar-refractivity contribution in [2.24, 2.45) is 0 Å². The van der Waals surface area contributed by atoms with Gasteiger partial charge in [0.15, 0.2) is 0 Å². The zero-order chi connectivity index (χ0) is 16.9. The fraction of sp³-hybridized carbons (Fsp3) is 0.118. The maximum atomic E-state index is 12.2. The summed E-state index contributed by atoms with van der Waals surface area (Å²) in [7, 11) is 1.57. The largest absolute Gasteiger partial charge is 0.355 e. The second-order valence-electron chi connectivity index (χ2n) is 5.01. The third-order valence-corrected chi connectivity index (χ3v) is 5.19. The molecular formula is C17H15N3O2S2. The summed E-state index contributed by atoms with van der Waals surface area (Å²) in [5.41, 5.74) is 1.84. The number of benzene rings is 1. The van der Waals surface area contributed by atoms with Crippen LogP contribution in [0.4, 0.5) is 5.69 Å². The number of hydrogen-bond acceptors (Lipinski definition) is 5. The number of carbonyl (C=O) groups is 2. The van der Waals surface area contributed by atoms with Gasteiger partial charge in [-0.15, -0.1) is 22.7 Å². The summed E-state index contributed by atoms with van der Waals surface area (Å²) in [4.78, 5) is 29.4. The minimum atomic E-state index is -0.189. The molecule has 2 N–H and O–H groups in total. The topological polar surface area (TPSA) is 71.1 Å². The van der Waals surface area contributed by atoms with E-state index in [1.807, 2.05) is 22.9 Å². The van der Waals surface area contributed by atoms with Crippen LogP contribution in [0.1, 0.15) is 16.1 Å². The Hall–Kier alpha value is -2.51. The number of aromatic nitrogens is 1. The van der Waals surface area contributed by atoms with Crippen molar-refractivity contribution >= 4 is 40.2 Å². The molecule has 0 spiro atoms. The Morgan fingerprint density at radius 1 is 1.17 bits per heavy atom. The van der Waals surface area contributed by atoms with E-state index in [0.717, 1.165) is 15.6 Å². The first-order valence-corrected chi connectivity index (χ1v) is 9.02. The molecule has 3 rings (SSSR count). The molecule has 122 valence electrons. The van der Waals surface area contributed by atoms with Gasteiger partial charge in [0.2, 0.25) is 5.91 Å². The highest BCUT2D eigenvalue weighted by molar-refractivity contribution is 7.20. The van der Waals surface area contributed by atoms with Crippen molar-refractivity contribution in [2.45, 2.75) is 6.42 Å². The van der Waals surface area contributed by atoms with E-state index in [-0.39, 0.29) is 18.2 Å². The van der Waals surface area contributed by atoms with Crippen LogP contribution < -0.4 is 10.6 Å². The van der Waals surface area contributed by atoms with Crippen LogP contribution in [0.15, 0.2) is 47.2 Å². The molecule has 24 heavy (non-hydrogen) atoms. The third kappa shape index (κ3) is 3.87. The van der Waals surface area contributed by atoms with Crippen molar-refractivity contribution in [2.75, 3.05) is 12.4 Å². The zero-order valence-corrected chi connectivity index (χ0v) is 14.5. The SMILES string of the molecule is CNC(=O)c1cccc(NC(=O)Cc2csc(-c3cccs3)n2)c1. The van der Waals surface area contributed by atoms with Crippen molar-refractivity contribution < 1.29 is 9.59 Å². The van der Waals surface area contributed by atoms with E-state index in [0.29, 0.717) is 11.3 Å². The van der Waals surface area contributed by atoms with Crippen LogP contribution in [0.2, 0.25) is 0 Å². The van der Waals surface area contributed by atoms with E-state index >= 15 is 0 Å². The molecule has 0 aliphatic carbocycles. The number of carbonyl (C=O) groups excluding carboxylic acids is 2. The van der Waals surface area contributed by atoms with Gasteiger partial charge in [-0.05, 0) is 29.6 Å². The standard InChI is InChI=1S/C17H15N3O2S2/c1-18-16(22)11-4-2-5-12(8-11)19-15(21)9-13-10-24-17(20-13)14-6-3-7-23-14/h2-8,10H,9H2,1H3,(H,18,22)(H,19,21). The van der Waals surface area contributed by atoms with E-state index in [4.69, 9.17) is 0 Å². The predicted molar refractivity (Wildman–Crippen MR) is 97.6 cm³/mol. The van der Waals surface area contributed by atoms with Crippen LogP contribution in [0.3, 0.4) is 0 Å². The first-order valence-electron chi connectivity index (χ1n) is 7.26. The highest BCUT2D eigenvalue weighted by atomic mass is 32.1. The predicted octanol–water partition coefficient (Wildman–Crippen LogP) is 3.41. The number of amides is 2. The summed E-state index contributed by atoms with van der Waals surface area (Å²) in [5.74, 6) is -0.349. The lowest BCUT2D eigenvalue weighted by molar-refractivity contribution is -0.115. The lowest BCUT2D eigenvalue weighted by Gasteiger charge is -2.06. The first-order chi connectivity index (χ1) is 11.7. The van der Waals surface area contributed by atoms with Gasteiger partial charge in [-0.3, -0.25) is 9.59 Å². The number of nitrogens with zero attached hydrogens (tertiary/aromatic N) is 1. The van der Waals surface area contributed by atoms with Crippen LogP contribution >= 0.6 is 22.7 Å². The molecule has 3 aromatic rings. The van der Waals surface area contributed by atoms with Crippen LogP contribution in [0.25, 0.3) is 9.88 Å². The van der Waals surface area contributed by atoms with Crippen LogP contribution in [0, 0.1) is 0 Å². The third-order valence-electron chi connectivity index (χ3n) is 3.26. The van der Waals surface area contributed by atoms with Gasteiger partial charge in [0.1, 0.15) is 5.01 Å². The second kappa shape index (κ2) is 7.37. The Morgan fingerprint density at radius 2 is 2.04 bits per heavy atom. The molecule has 2 heterocycles. The fourth-order valence-electron chi connectivity index (χ4n) is 2.15. The first kappa shape index (κ1) is 16.4. The van der Waals surface area contributed by atoms with Crippen molar-refractivity contribution in [1.29, 1.82) is 0 Å². The fourth-order valence-corrected chi connectivity index (χ4v) is 3.79. The van der Waals surface area contributed by atoms with Gasteiger partial charge in [-0.1, -0.05) is 12.1 Å². The van der Waals surface area contributed by atoms with Gasteiger partial charge < -0.3 is 10.6 Å². The average Bonchev–Trinajstić information content (AvgIpc) is 3.25. The molecule has 0 bridgehead atoms. The number of thiazole rings is 1. The van der Waals surface area contributed by atoms with E-state index in [1.165, 1.54) is 11.3 Å². The summed E-state index contributed by atoms with van der Waals surface area (Å²) < 4.78 is 0.